The van der Waals surface area contributed by atoms with Gasteiger partial charge in [-0.1, -0.05) is 30.3 Å². The molecule has 0 aliphatic heterocycles. The molecular formula is C14H15N3O2. The fraction of sp³-hybridized carbons (Fsp3) is 0.357. The molecule has 0 saturated carbocycles. The second-order valence-electron chi connectivity index (χ2n) is 4.06. The third-order valence-corrected chi connectivity index (χ3v) is 2.56. The molecule has 0 fully saturated rings. The summed E-state index contributed by atoms with van der Waals surface area (Å²) in [4.78, 5) is 4.28. The SMILES string of the molecule is CCCOCc1noc(-c2ccccc2CC#N)n1. The fourth-order valence-corrected chi connectivity index (χ4v) is 1.70. The van der Waals surface area contributed by atoms with E-state index < -0.39 is 0 Å². The summed E-state index contributed by atoms with van der Waals surface area (Å²) in [7, 11) is 0. The van der Waals surface area contributed by atoms with E-state index in [9.17, 15) is 0 Å². The highest BCUT2D eigenvalue weighted by molar-refractivity contribution is 5.58. The first kappa shape index (κ1) is 13.2. The molecule has 2 aromatic rings. The first-order valence-electron chi connectivity index (χ1n) is 6.20. The maximum absolute atomic E-state index is 8.80. The third-order valence-electron chi connectivity index (χ3n) is 2.56. The van der Waals surface area contributed by atoms with E-state index in [1.807, 2.05) is 31.2 Å². The molecule has 0 spiro atoms. The number of hydrogen-bond acceptors (Lipinski definition) is 5. The molecule has 19 heavy (non-hydrogen) atoms. The quantitative estimate of drug-likeness (QED) is 0.744. The number of nitriles is 1. The highest BCUT2D eigenvalue weighted by atomic mass is 16.5. The van der Waals surface area contributed by atoms with Crippen molar-refractivity contribution in [3.05, 3.63) is 35.7 Å². The minimum Gasteiger partial charge on any atom is -0.373 e. The molecule has 98 valence electrons. The zero-order valence-electron chi connectivity index (χ0n) is 10.8. The lowest BCUT2D eigenvalue weighted by atomic mass is 10.1. The molecule has 0 radical (unpaired) electrons. The van der Waals surface area contributed by atoms with Gasteiger partial charge in [-0.25, -0.2) is 0 Å². The maximum Gasteiger partial charge on any atom is 0.258 e. The maximum atomic E-state index is 8.80. The molecule has 1 heterocycles. The van der Waals surface area contributed by atoms with E-state index in [4.69, 9.17) is 14.5 Å². The van der Waals surface area contributed by atoms with Gasteiger partial charge in [0.05, 0.1) is 12.5 Å². The molecule has 1 aromatic heterocycles. The molecule has 1 aromatic carbocycles. The van der Waals surface area contributed by atoms with Gasteiger partial charge in [-0.3, -0.25) is 0 Å². The Kier molecular flexibility index (Phi) is 4.65. The molecular weight excluding hydrogens is 242 g/mol. The van der Waals surface area contributed by atoms with Crippen LogP contribution in [0.1, 0.15) is 24.7 Å². The summed E-state index contributed by atoms with van der Waals surface area (Å²) >= 11 is 0. The summed E-state index contributed by atoms with van der Waals surface area (Å²) in [5.41, 5.74) is 1.69. The average Bonchev–Trinajstić information content (AvgIpc) is 2.89. The molecule has 0 amide bonds. The topological polar surface area (TPSA) is 71.9 Å². The van der Waals surface area contributed by atoms with Gasteiger partial charge in [-0.15, -0.1) is 0 Å². The number of nitrogens with zero attached hydrogens (tertiary/aromatic N) is 3. The smallest absolute Gasteiger partial charge is 0.258 e. The van der Waals surface area contributed by atoms with Crippen LogP contribution >= 0.6 is 0 Å². The lowest BCUT2D eigenvalue weighted by Gasteiger charge is -2.00. The lowest BCUT2D eigenvalue weighted by molar-refractivity contribution is 0.114. The Bertz CT molecular complexity index is 572. The van der Waals surface area contributed by atoms with E-state index in [0.717, 1.165) is 17.5 Å². The predicted molar refractivity (Wildman–Crippen MR) is 69.0 cm³/mol. The van der Waals surface area contributed by atoms with Gasteiger partial charge in [-0.2, -0.15) is 10.2 Å². The third kappa shape index (κ3) is 3.39. The molecule has 0 saturated heterocycles. The van der Waals surface area contributed by atoms with Crippen LogP contribution in [-0.2, 0) is 17.8 Å². The molecule has 0 bridgehead atoms. The minimum absolute atomic E-state index is 0.320. The van der Waals surface area contributed by atoms with Crippen LogP contribution in [0.2, 0.25) is 0 Å². The van der Waals surface area contributed by atoms with Crippen LogP contribution in [0.3, 0.4) is 0 Å². The molecule has 0 N–H and O–H groups in total. The van der Waals surface area contributed by atoms with Gasteiger partial charge in [0.2, 0.25) is 0 Å². The van der Waals surface area contributed by atoms with Crippen LogP contribution in [0.25, 0.3) is 11.5 Å². The van der Waals surface area contributed by atoms with Crippen molar-refractivity contribution in [3.8, 4) is 17.5 Å². The van der Waals surface area contributed by atoms with Crippen molar-refractivity contribution in [3.63, 3.8) is 0 Å². The second kappa shape index (κ2) is 6.66. The Morgan fingerprint density at radius 1 is 1.37 bits per heavy atom. The lowest BCUT2D eigenvalue weighted by Crippen LogP contribution is -1.96. The predicted octanol–water partition coefficient (Wildman–Crippen LogP) is 2.73. The zero-order valence-corrected chi connectivity index (χ0v) is 10.8. The van der Waals surface area contributed by atoms with Crippen molar-refractivity contribution in [1.82, 2.24) is 10.1 Å². The van der Waals surface area contributed by atoms with E-state index >= 15 is 0 Å². The second-order valence-corrected chi connectivity index (χ2v) is 4.06. The molecule has 5 heteroatoms. The van der Waals surface area contributed by atoms with Crippen molar-refractivity contribution in [2.75, 3.05) is 6.61 Å². The number of ether oxygens (including phenoxy) is 1. The van der Waals surface area contributed by atoms with Gasteiger partial charge in [0.1, 0.15) is 6.61 Å². The Morgan fingerprint density at radius 3 is 3.00 bits per heavy atom. The standard InChI is InChI=1S/C14H15N3O2/c1-2-9-18-10-13-16-14(19-17-13)12-6-4-3-5-11(12)7-8-15/h3-6H,2,7,9-10H2,1H3. The number of benzene rings is 1. The van der Waals surface area contributed by atoms with Crippen LogP contribution in [0.15, 0.2) is 28.8 Å². The minimum atomic E-state index is 0.320. The van der Waals surface area contributed by atoms with E-state index in [1.54, 1.807) is 0 Å². The van der Waals surface area contributed by atoms with Gasteiger partial charge in [-0.05, 0) is 18.1 Å². The van der Waals surface area contributed by atoms with Gasteiger partial charge in [0.15, 0.2) is 5.82 Å². The normalized spacial score (nSPS) is 10.3. The summed E-state index contributed by atoms with van der Waals surface area (Å²) in [5, 5.41) is 12.7. The average molecular weight is 257 g/mol. The van der Waals surface area contributed by atoms with Crippen LogP contribution in [-0.4, -0.2) is 16.7 Å². The molecule has 2 rings (SSSR count). The molecule has 0 unspecified atom stereocenters. The summed E-state index contributed by atoms with van der Waals surface area (Å²) in [6, 6.07) is 9.65. The van der Waals surface area contributed by atoms with E-state index in [-0.39, 0.29) is 0 Å². The number of aromatic nitrogens is 2. The number of rotatable bonds is 6. The Balaban J connectivity index is 2.16. The van der Waals surface area contributed by atoms with Crippen LogP contribution in [0.5, 0.6) is 0 Å². The summed E-state index contributed by atoms with van der Waals surface area (Å²) in [5.74, 6) is 0.955. The van der Waals surface area contributed by atoms with E-state index in [2.05, 4.69) is 16.2 Å². The Morgan fingerprint density at radius 2 is 2.21 bits per heavy atom. The van der Waals surface area contributed by atoms with Gasteiger partial charge in [0, 0.05) is 12.2 Å². The highest BCUT2D eigenvalue weighted by Crippen LogP contribution is 2.22. The van der Waals surface area contributed by atoms with Crippen molar-refractivity contribution >= 4 is 0 Å². The summed E-state index contributed by atoms with van der Waals surface area (Å²) < 4.78 is 10.6. The zero-order chi connectivity index (χ0) is 13.5. The van der Waals surface area contributed by atoms with Crippen molar-refractivity contribution in [2.24, 2.45) is 0 Å². The summed E-state index contributed by atoms with van der Waals surface area (Å²) in [6.07, 6.45) is 1.27. The van der Waals surface area contributed by atoms with Gasteiger partial charge in [0.25, 0.3) is 5.89 Å². The largest absolute Gasteiger partial charge is 0.373 e. The van der Waals surface area contributed by atoms with E-state index in [1.165, 1.54) is 0 Å². The first-order valence-corrected chi connectivity index (χ1v) is 6.20. The summed E-state index contributed by atoms with van der Waals surface area (Å²) in [6.45, 7) is 3.06. The molecule has 0 aliphatic carbocycles. The van der Waals surface area contributed by atoms with Gasteiger partial charge >= 0.3 is 0 Å². The first-order chi connectivity index (χ1) is 9.35. The number of hydrogen-bond donors (Lipinski definition) is 0. The van der Waals surface area contributed by atoms with Crippen LogP contribution in [0.4, 0.5) is 0 Å². The van der Waals surface area contributed by atoms with Crippen molar-refractivity contribution in [2.45, 2.75) is 26.4 Å². The molecule has 0 aliphatic rings. The highest BCUT2D eigenvalue weighted by Gasteiger charge is 2.12. The van der Waals surface area contributed by atoms with Crippen LogP contribution < -0.4 is 0 Å². The Labute approximate surface area is 111 Å². The van der Waals surface area contributed by atoms with E-state index in [0.29, 0.717) is 31.3 Å². The van der Waals surface area contributed by atoms with Crippen molar-refractivity contribution < 1.29 is 9.26 Å². The monoisotopic (exact) mass is 257 g/mol. The Hall–Kier alpha value is -2.19. The van der Waals surface area contributed by atoms with Crippen molar-refractivity contribution in [1.29, 1.82) is 5.26 Å². The van der Waals surface area contributed by atoms with Gasteiger partial charge < -0.3 is 9.26 Å². The fourth-order valence-electron chi connectivity index (χ4n) is 1.70. The molecule has 5 nitrogen and oxygen atoms in total. The molecule has 0 atom stereocenters. The van der Waals surface area contributed by atoms with Crippen LogP contribution in [0, 0.1) is 11.3 Å².